The lowest BCUT2D eigenvalue weighted by molar-refractivity contribution is -0.138. The van der Waals surface area contributed by atoms with Crippen LogP contribution in [-0.4, -0.2) is 232 Å². The highest BCUT2D eigenvalue weighted by Gasteiger charge is 2.51. The molecular formula is C94H117Cl2N13O26. The van der Waals surface area contributed by atoms with Gasteiger partial charge in [-0.2, -0.15) is 0 Å². The number of hydrogen-bond acceptors (Lipinski definition) is 27. The number of rotatable bonds is 22. The third-order valence-corrected chi connectivity index (χ3v) is 24.1. The van der Waals surface area contributed by atoms with E-state index in [-0.39, 0.29) is 148 Å². The molecule has 728 valence electrons. The molecule has 9 aliphatic rings. The molecule has 4 aliphatic carbocycles. The van der Waals surface area contributed by atoms with E-state index in [1.165, 1.54) is 79.3 Å². The van der Waals surface area contributed by atoms with E-state index in [1.54, 1.807) is 62.3 Å². The Kier molecular flexibility index (Phi) is 31.3. The number of urea groups is 1. The molecule has 135 heavy (non-hydrogen) atoms. The monoisotopic (exact) mass is 1910 g/mol. The predicted octanol–water partition coefficient (Wildman–Crippen LogP) is 9.85. The zero-order valence-electron chi connectivity index (χ0n) is 77.5. The fraction of sp³-hybridized carbons (Fsp3) is 0.489. The van der Waals surface area contributed by atoms with Crippen molar-refractivity contribution in [3.8, 4) is 74.4 Å². The highest BCUT2D eigenvalue weighted by Crippen LogP contribution is 2.55. The van der Waals surface area contributed by atoms with Crippen molar-refractivity contribution in [3.05, 3.63) is 129 Å². The number of nitrogens with one attached hydrogen (secondary N) is 10. The molecule has 5 heterocycles. The van der Waals surface area contributed by atoms with Crippen molar-refractivity contribution < 1.29 is 126 Å². The molecule has 16 N–H and O–H groups in total. The number of benzene rings is 6. The van der Waals surface area contributed by atoms with E-state index in [4.69, 9.17) is 61.1 Å². The molecule has 0 unspecified atom stereocenters. The number of amides is 13. The van der Waals surface area contributed by atoms with Crippen molar-refractivity contribution in [3.63, 3.8) is 0 Å². The van der Waals surface area contributed by atoms with Gasteiger partial charge in [-0.15, -0.1) is 0 Å². The average Bonchev–Trinajstić information content (AvgIpc) is 0.753. The molecule has 0 aromatic heterocycles. The van der Waals surface area contributed by atoms with E-state index in [9.17, 15) is 54.6 Å². The molecule has 41 heteroatoms. The summed E-state index contributed by atoms with van der Waals surface area (Å²) in [4.78, 5) is 183. The van der Waals surface area contributed by atoms with E-state index in [0.29, 0.717) is 11.8 Å². The van der Waals surface area contributed by atoms with Crippen molar-refractivity contribution in [2.45, 2.75) is 198 Å². The first-order valence-electron chi connectivity index (χ1n) is 44.3. The Morgan fingerprint density at radius 3 is 1.54 bits per heavy atom. The maximum Gasteiger partial charge on any atom is 0.410 e. The highest BCUT2D eigenvalue weighted by atomic mass is 35.5. The number of phenols is 4. The summed E-state index contributed by atoms with van der Waals surface area (Å²) in [5.74, 6) is -14.4. The molecule has 0 saturated heterocycles. The number of anilines is 1. The van der Waals surface area contributed by atoms with Gasteiger partial charge in [-0.25, -0.2) is 19.2 Å². The molecule has 39 nitrogen and oxygen atoms in total. The van der Waals surface area contributed by atoms with E-state index in [1.807, 2.05) is 13.8 Å². The number of aromatic hydroxyl groups is 4. The van der Waals surface area contributed by atoms with Gasteiger partial charge in [0.15, 0.2) is 23.0 Å². The van der Waals surface area contributed by atoms with Crippen molar-refractivity contribution in [2.75, 3.05) is 73.0 Å². The largest absolute Gasteiger partial charge is 0.508 e. The third kappa shape index (κ3) is 25.2. The Morgan fingerprint density at radius 1 is 0.533 bits per heavy atom. The van der Waals surface area contributed by atoms with E-state index in [2.05, 4.69) is 53.2 Å². The number of likely N-dealkylation sites (N-methyl/N-ethyl adjacent to an activating group) is 4. The first kappa shape index (κ1) is 101. The van der Waals surface area contributed by atoms with Crippen LogP contribution < -0.4 is 76.9 Å². The summed E-state index contributed by atoms with van der Waals surface area (Å²) < 4.78 is 48.3. The zero-order valence-corrected chi connectivity index (χ0v) is 79.0. The Hall–Kier alpha value is -13.0. The third-order valence-electron chi connectivity index (χ3n) is 23.6. The van der Waals surface area contributed by atoms with Gasteiger partial charge >= 0.3 is 24.3 Å². The summed E-state index contributed by atoms with van der Waals surface area (Å²) in [7, 11) is 5.82. The van der Waals surface area contributed by atoms with Crippen LogP contribution in [0, 0.1) is 29.6 Å². The second kappa shape index (κ2) is 41.9. The lowest BCUT2D eigenvalue weighted by Gasteiger charge is -2.54. The van der Waals surface area contributed by atoms with Crippen molar-refractivity contribution in [2.24, 2.45) is 29.6 Å². The molecule has 13 amide bonds. The lowest BCUT2D eigenvalue weighted by Crippen LogP contribution is -2.59. The number of hydrogen-bond donors (Lipinski definition) is 16. The van der Waals surface area contributed by atoms with Gasteiger partial charge in [0.1, 0.15) is 114 Å². The lowest BCUT2D eigenvalue weighted by atomic mass is 9.54. The number of nitrogens with zero attached hydrogens (tertiary/aromatic N) is 3. The quantitative estimate of drug-likeness (QED) is 0.0281. The molecule has 4 fully saturated rings. The minimum absolute atomic E-state index is 0.0656. The van der Waals surface area contributed by atoms with Gasteiger partial charge in [0, 0.05) is 56.5 Å². The van der Waals surface area contributed by atoms with Gasteiger partial charge < -0.3 is 131 Å². The van der Waals surface area contributed by atoms with Gasteiger partial charge in [0.25, 0.3) is 0 Å². The van der Waals surface area contributed by atoms with Gasteiger partial charge in [0.2, 0.25) is 58.8 Å². The Labute approximate surface area is 789 Å². The second-order valence-electron chi connectivity index (χ2n) is 38.1. The molecular weight excluding hydrogens is 1800 g/mol. The number of imide groups is 1. The van der Waals surface area contributed by atoms with Crippen LogP contribution in [0.25, 0.3) is 11.1 Å². The number of halogens is 2. The topological polar surface area (TPSA) is 530 Å². The molecule has 6 aromatic carbocycles. The minimum atomic E-state index is -2.38. The fourth-order valence-corrected chi connectivity index (χ4v) is 17.7. The molecule has 5 aliphatic heterocycles. The van der Waals surface area contributed by atoms with Gasteiger partial charge in [-0.1, -0.05) is 55.2 Å². The van der Waals surface area contributed by atoms with E-state index in [0.717, 1.165) is 86.7 Å². The summed E-state index contributed by atoms with van der Waals surface area (Å²) in [5, 5.41) is 98.7. The molecule has 9 atom stereocenters. The molecule has 0 spiro atoms. The number of phenolic OH excluding ortho intramolecular Hbond substituents is 4. The average molecular weight is 1920 g/mol. The van der Waals surface area contributed by atoms with Gasteiger partial charge in [0.05, 0.1) is 47.8 Å². The molecule has 6 aromatic rings. The zero-order chi connectivity index (χ0) is 98.5. The highest BCUT2D eigenvalue weighted by molar-refractivity contribution is 6.32. The van der Waals surface area contributed by atoms with Gasteiger partial charge in [-0.05, 0) is 220 Å². The number of carbonyl (C=O) groups excluding carboxylic acids is 12. The van der Waals surface area contributed by atoms with E-state index < -0.39 is 189 Å². The predicted molar refractivity (Wildman–Crippen MR) is 489 cm³/mol. The van der Waals surface area contributed by atoms with Crippen LogP contribution >= 0.6 is 23.2 Å². The van der Waals surface area contributed by atoms with Crippen molar-refractivity contribution in [1.29, 1.82) is 0 Å². The second-order valence-corrected chi connectivity index (χ2v) is 38.9. The van der Waals surface area contributed by atoms with Crippen LogP contribution in [0.15, 0.2) is 91.0 Å². The molecule has 15 rings (SSSR count). The maximum atomic E-state index is 16.4. The molecule has 4 saturated carbocycles. The smallest absolute Gasteiger partial charge is 0.410 e. The van der Waals surface area contributed by atoms with Crippen LogP contribution in [0.1, 0.15) is 179 Å². The van der Waals surface area contributed by atoms with Crippen LogP contribution in [0.4, 0.5) is 24.9 Å². The Morgan fingerprint density at radius 2 is 1.03 bits per heavy atom. The molecule has 0 radical (unpaired) electrons. The SMILES string of the molecule is CN[C@H](CC(C)C)C(=O)N[C@H]1C(=O)N[C@@H](CC(=O)NC(=O)Nc2cc(OCCN(C)C(=O)OC(C)(C)C)c(OCCN(C)C(=O)OC(C)(C)C)c(OCCN(C)C(=O)OC(C)(C)C)c2)C(=O)N[C@H]2C(=O)N[C@H]3C(=O)N[C@H](C(=O)N[C@H](C(=O)NC4C5CC6CC(C5)CC4C6)c4cc(O)cc(O)c4-c4cc3ccc4O)[C@H](O)c3ccc(c(Cl)c3)Oc3cc2cc(c3O)Oc2ccc(cc2Cl)[C@H]1O. The van der Waals surface area contributed by atoms with Crippen molar-refractivity contribution >= 4 is 100 Å². The van der Waals surface area contributed by atoms with E-state index >= 15 is 33.6 Å². The van der Waals surface area contributed by atoms with Crippen molar-refractivity contribution in [1.82, 2.24) is 62.6 Å². The standard InChI is InChI=1S/C94H117Cl2N13O26/c1-44(2)28-59(97-12)81(117)105-75-77(114)48-17-20-63(57(95)35-48)131-65-37-52-38-66(79(65)116)132-64-21-18-49(36-58(64)96)78(115)76-87(123)104-74(85(121)101-71-50-30-45-29-46(32-50)33-51(71)31-45)56-41-54(110)42-62(112)70(56)55-34-47(16-19-61(55)111)72(83(119)106-76)103-84(120)73(52)102-82(118)60(99-86(75)122)43-69(113)100-88(124)98-53-39-67(128-25-22-107(13)89(125)133-92(3,4)5)80(130-27-24-109(15)91(127)135-94(9,10)11)68(40-53)129-26-23-108(14)90(126)134-93(6,7)8/h16-21,34-42,44-46,50-51,59-60,71-78,97,110-112,114-116H,22-33,43H2,1-15H3,(H,99,122)(H,101,121)(H,102,118)(H,103,120)(H,104,123)(H,105,117)(H,106,119)(H2,98,100,113,124)/t45?,46?,50?,51?,59-,60+,71?,72-,73-,74+,75-,76+,77-,78-/m1/s1. The summed E-state index contributed by atoms with van der Waals surface area (Å²) >= 11 is 14.1. The summed E-state index contributed by atoms with van der Waals surface area (Å²) in [5.41, 5.74) is -5.03. The number of ether oxygens (including phenoxy) is 8. The number of fused-ring (bicyclic) bond motifs is 15. The van der Waals surface area contributed by atoms with Crippen LogP contribution in [-0.2, 0) is 52.6 Å². The maximum absolute atomic E-state index is 16.4. The fourth-order valence-electron chi connectivity index (χ4n) is 17.3. The van der Waals surface area contributed by atoms with Gasteiger partial charge in [-0.3, -0.25) is 43.7 Å². The van der Waals surface area contributed by atoms with Crippen LogP contribution in [0.5, 0.6) is 63.2 Å². The first-order chi connectivity index (χ1) is 63.4. The number of aliphatic hydroxyl groups excluding tert-OH is 2. The summed E-state index contributed by atoms with van der Waals surface area (Å²) in [6.07, 6.45) is -3.15. The Bertz CT molecular complexity index is 5460. The first-order valence-corrected chi connectivity index (χ1v) is 45.1. The number of aliphatic hydroxyl groups is 2. The summed E-state index contributed by atoms with van der Waals surface area (Å²) in [6.45, 7) is 17.5. The Balaban J connectivity index is 0.959. The molecule has 15 bridgehead atoms. The summed E-state index contributed by atoms with van der Waals surface area (Å²) in [6, 6.07) is 1.01. The van der Waals surface area contributed by atoms with Crippen LogP contribution in [0.2, 0.25) is 10.0 Å². The normalized spacial score (nSPS) is 22.2. The van der Waals surface area contributed by atoms with Crippen LogP contribution in [0.3, 0.4) is 0 Å². The minimum Gasteiger partial charge on any atom is -0.508 e. The number of carbonyl (C=O) groups is 12.